The van der Waals surface area contributed by atoms with Gasteiger partial charge in [-0.05, 0) is 52.5 Å². The Hall–Kier alpha value is -2.65. The van der Waals surface area contributed by atoms with Gasteiger partial charge in [0.25, 0.3) is 0 Å². The molecule has 3 atom stereocenters. The van der Waals surface area contributed by atoms with E-state index >= 15 is 0 Å². The summed E-state index contributed by atoms with van der Waals surface area (Å²) < 4.78 is 12.7. The molecule has 0 aromatic carbocycles. The summed E-state index contributed by atoms with van der Waals surface area (Å²) in [6, 6.07) is 1.86. The molecule has 1 aliphatic rings. The quantitative estimate of drug-likeness (QED) is 0.447. The van der Waals surface area contributed by atoms with Gasteiger partial charge in [0.05, 0.1) is 42.9 Å². The molecular weight excluding hydrogens is 436 g/mol. The molecule has 2 aromatic rings. The Morgan fingerprint density at radius 3 is 2.71 bits per heavy atom. The molecule has 3 rings (SSSR count). The minimum absolute atomic E-state index is 0.0218. The summed E-state index contributed by atoms with van der Waals surface area (Å²) in [7, 11) is 1.33. The topological polar surface area (TPSA) is 115 Å². The third-order valence-corrected chi connectivity index (χ3v) is 6.21. The van der Waals surface area contributed by atoms with Crippen molar-refractivity contribution in [2.45, 2.75) is 84.6 Å². The summed E-state index contributed by atoms with van der Waals surface area (Å²) in [5.74, 6) is -0.930. The van der Waals surface area contributed by atoms with Crippen molar-refractivity contribution in [3.05, 3.63) is 18.0 Å². The number of methoxy groups -OCH3 is 1. The highest BCUT2D eigenvalue weighted by Gasteiger charge is 2.29. The summed E-state index contributed by atoms with van der Waals surface area (Å²) >= 11 is 0. The van der Waals surface area contributed by atoms with E-state index in [1.165, 1.54) is 7.11 Å². The van der Waals surface area contributed by atoms with Crippen LogP contribution in [0, 0.1) is 5.92 Å². The van der Waals surface area contributed by atoms with Crippen molar-refractivity contribution in [2.75, 3.05) is 24.4 Å². The second-order valence-corrected chi connectivity index (χ2v) is 9.92. The number of aromatic nitrogens is 2. The number of carbonyl (C=O) groups is 2. The number of amides is 1. The van der Waals surface area contributed by atoms with Gasteiger partial charge < -0.3 is 29.8 Å². The van der Waals surface area contributed by atoms with Crippen molar-refractivity contribution in [2.24, 2.45) is 5.92 Å². The third-order valence-electron chi connectivity index (χ3n) is 6.21. The molecule has 0 unspecified atom stereocenters. The summed E-state index contributed by atoms with van der Waals surface area (Å²) in [5.41, 5.74) is 1.16. The van der Waals surface area contributed by atoms with Crippen molar-refractivity contribution in [1.29, 1.82) is 0 Å². The van der Waals surface area contributed by atoms with Crippen LogP contribution in [0.1, 0.15) is 70.8 Å². The standard InChI is InChI=1S/C25H38N4O5/c1-7-15(2)23(30)28-20-19-11-17(27-16(3)12-25(4,5)32)13-26-22(19)29(21(20)24(31)33-6)14-18-9-8-10-34-18/h11,13,15-16,18,27,32H,7-10,12,14H2,1-6H3,(H,28,30)/t15-,16+,18-/m1/s1. The number of hydrogen-bond acceptors (Lipinski definition) is 7. The van der Waals surface area contributed by atoms with Crippen LogP contribution < -0.4 is 10.6 Å². The highest BCUT2D eigenvalue weighted by atomic mass is 16.5. The lowest BCUT2D eigenvalue weighted by Crippen LogP contribution is -2.29. The number of pyridine rings is 1. The average molecular weight is 475 g/mol. The highest BCUT2D eigenvalue weighted by molar-refractivity contribution is 6.11. The Morgan fingerprint density at radius 1 is 1.38 bits per heavy atom. The molecule has 188 valence electrons. The number of fused-ring (bicyclic) bond motifs is 1. The molecule has 0 bridgehead atoms. The van der Waals surface area contributed by atoms with E-state index in [9.17, 15) is 14.7 Å². The Morgan fingerprint density at radius 2 is 2.12 bits per heavy atom. The molecule has 1 aliphatic heterocycles. The molecule has 1 amide bonds. The number of hydrogen-bond donors (Lipinski definition) is 3. The van der Waals surface area contributed by atoms with Crippen molar-refractivity contribution >= 4 is 34.3 Å². The zero-order valence-electron chi connectivity index (χ0n) is 21.1. The summed E-state index contributed by atoms with van der Waals surface area (Å²) in [6.45, 7) is 10.4. The van der Waals surface area contributed by atoms with Crippen LogP contribution in [0.3, 0.4) is 0 Å². The van der Waals surface area contributed by atoms with E-state index in [2.05, 4.69) is 15.6 Å². The predicted molar refractivity (Wildman–Crippen MR) is 132 cm³/mol. The minimum Gasteiger partial charge on any atom is -0.464 e. The highest BCUT2D eigenvalue weighted by Crippen LogP contribution is 2.34. The van der Waals surface area contributed by atoms with E-state index in [0.29, 0.717) is 42.7 Å². The molecule has 9 heteroatoms. The first-order valence-electron chi connectivity index (χ1n) is 12.1. The first-order valence-corrected chi connectivity index (χ1v) is 12.1. The summed E-state index contributed by atoms with van der Waals surface area (Å²) in [4.78, 5) is 30.5. The van der Waals surface area contributed by atoms with E-state index in [0.717, 1.165) is 18.5 Å². The van der Waals surface area contributed by atoms with Crippen LogP contribution >= 0.6 is 0 Å². The smallest absolute Gasteiger partial charge is 0.356 e. The van der Waals surface area contributed by atoms with Crippen molar-refractivity contribution in [1.82, 2.24) is 9.55 Å². The number of anilines is 2. The molecule has 3 N–H and O–H groups in total. The van der Waals surface area contributed by atoms with Gasteiger partial charge in [-0.2, -0.15) is 0 Å². The third kappa shape index (κ3) is 6.07. The predicted octanol–water partition coefficient (Wildman–Crippen LogP) is 3.95. The van der Waals surface area contributed by atoms with Gasteiger partial charge in [-0.1, -0.05) is 13.8 Å². The summed E-state index contributed by atoms with van der Waals surface area (Å²) in [5, 5.41) is 17.1. The van der Waals surface area contributed by atoms with Crippen molar-refractivity contribution < 1.29 is 24.2 Å². The molecule has 0 spiro atoms. The lowest BCUT2D eigenvalue weighted by atomic mass is 10.0. The molecule has 1 fully saturated rings. The maximum absolute atomic E-state index is 12.9. The molecular formula is C25H38N4O5. The molecule has 9 nitrogen and oxygen atoms in total. The van der Waals surface area contributed by atoms with Crippen LogP contribution in [0.4, 0.5) is 11.4 Å². The van der Waals surface area contributed by atoms with Gasteiger partial charge in [-0.25, -0.2) is 9.78 Å². The lowest BCUT2D eigenvalue weighted by Gasteiger charge is -2.23. The molecule has 3 heterocycles. The largest absolute Gasteiger partial charge is 0.464 e. The number of rotatable bonds is 10. The van der Waals surface area contributed by atoms with Crippen LogP contribution in [0.15, 0.2) is 12.3 Å². The number of nitrogens with zero attached hydrogens (tertiary/aromatic N) is 2. The van der Waals surface area contributed by atoms with Crippen molar-refractivity contribution in [3.8, 4) is 0 Å². The van der Waals surface area contributed by atoms with Gasteiger partial charge in [-0.3, -0.25) is 4.79 Å². The SMILES string of the molecule is CC[C@@H](C)C(=O)Nc1c(C(=O)OC)n(C[C@H]2CCCO2)c2ncc(N[C@@H](C)CC(C)(C)O)cc12. The van der Waals surface area contributed by atoms with Gasteiger partial charge in [0, 0.05) is 24.0 Å². The zero-order valence-corrected chi connectivity index (χ0v) is 21.1. The van der Waals surface area contributed by atoms with E-state index in [4.69, 9.17) is 9.47 Å². The number of nitrogens with one attached hydrogen (secondary N) is 2. The Labute approximate surface area is 201 Å². The Kier molecular flexibility index (Phi) is 8.20. The van der Waals surface area contributed by atoms with Crippen LogP contribution in [-0.2, 0) is 20.8 Å². The van der Waals surface area contributed by atoms with E-state index < -0.39 is 11.6 Å². The van der Waals surface area contributed by atoms with Crippen LogP contribution in [0.25, 0.3) is 11.0 Å². The second kappa shape index (κ2) is 10.7. The van der Waals surface area contributed by atoms with Crippen LogP contribution in [0.2, 0.25) is 0 Å². The first kappa shape index (κ1) is 26.0. The maximum atomic E-state index is 12.9. The van der Waals surface area contributed by atoms with Gasteiger partial charge in [-0.15, -0.1) is 0 Å². The fraction of sp³-hybridized carbons (Fsp3) is 0.640. The van der Waals surface area contributed by atoms with Gasteiger partial charge in [0.2, 0.25) is 5.91 Å². The number of esters is 1. The molecule has 0 radical (unpaired) electrons. The average Bonchev–Trinajstić information content (AvgIpc) is 3.38. The maximum Gasteiger partial charge on any atom is 0.356 e. The van der Waals surface area contributed by atoms with Crippen LogP contribution in [-0.4, -0.2) is 58.0 Å². The van der Waals surface area contributed by atoms with Gasteiger partial charge in [0.1, 0.15) is 5.65 Å². The number of aliphatic hydroxyl groups is 1. The lowest BCUT2D eigenvalue weighted by molar-refractivity contribution is -0.119. The van der Waals surface area contributed by atoms with Gasteiger partial charge in [0.15, 0.2) is 5.69 Å². The monoisotopic (exact) mass is 474 g/mol. The van der Waals surface area contributed by atoms with E-state index in [1.54, 1.807) is 24.6 Å². The molecule has 0 saturated carbocycles. The summed E-state index contributed by atoms with van der Waals surface area (Å²) in [6.07, 6.45) is 4.74. The van der Waals surface area contributed by atoms with E-state index in [1.807, 2.05) is 26.8 Å². The van der Waals surface area contributed by atoms with E-state index in [-0.39, 0.29) is 29.7 Å². The fourth-order valence-corrected chi connectivity index (χ4v) is 4.43. The first-order chi connectivity index (χ1) is 16.0. The Balaban J connectivity index is 2.10. The Bertz CT molecular complexity index is 1020. The fourth-order valence-electron chi connectivity index (χ4n) is 4.43. The normalized spacial score (nSPS) is 18.0. The molecule has 1 saturated heterocycles. The number of ether oxygens (including phenoxy) is 2. The van der Waals surface area contributed by atoms with Crippen LogP contribution in [0.5, 0.6) is 0 Å². The number of carbonyl (C=O) groups excluding carboxylic acids is 2. The zero-order chi connectivity index (χ0) is 25.0. The van der Waals surface area contributed by atoms with Gasteiger partial charge >= 0.3 is 5.97 Å². The second-order valence-electron chi connectivity index (χ2n) is 9.92. The molecule has 0 aliphatic carbocycles. The molecule has 2 aromatic heterocycles. The minimum atomic E-state index is -0.817. The van der Waals surface area contributed by atoms with Crippen molar-refractivity contribution in [3.63, 3.8) is 0 Å². The molecule has 34 heavy (non-hydrogen) atoms.